The molecule has 0 aliphatic heterocycles. The zero-order valence-corrected chi connectivity index (χ0v) is 12.2. The largest absolute Gasteiger partial charge is 0.275 e. The van der Waals surface area contributed by atoms with E-state index in [1.165, 1.54) is 10.8 Å². The summed E-state index contributed by atoms with van der Waals surface area (Å²) in [6.45, 7) is 0. The second-order valence-electron chi connectivity index (χ2n) is 5.50. The number of hydrogen-bond acceptors (Lipinski definition) is 3. The van der Waals surface area contributed by atoms with E-state index in [1.54, 1.807) is 12.4 Å². The van der Waals surface area contributed by atoms with Crippen LogP contribution >= 0.6 is 0 Å². The lowest BCUT2D eigenvalue weighted by Gasteiger charge is -2.06. The third-order valence-electron chi connectivity index (χ3n) is 4.25. The summed E-state index contributed by atoms with van der Waals surface area (Å²) >= 11 is 0. The molecule has 0 saturated heterocycles. The van der Waals surface area contributed by atoms with Crippen molar-refractivity contribution >= 4 is 32.6 Å². The van der Waals surface area contributed by atoms with Crippen LogP contribution in [0.3, 0.4) is 0 Å². The molecule has 4 nitrogen and oxygen atoms in total. The van der Waals surface area contributed by atoms with E-state index in [9.17, 15) is 0 Å². The summed E-state index contributed by atoms with van der Waals surface area (Å²) in [5, 5.41) is 12.4. The van der Waals surface area contributed by atoms with Crippen LogP contribution < -0.4 is 0 Å². The van der Waals surface area contributed by atoms with Crippen LogP contribution in [-0.4, -0.2) is 20.2 Å². The molecule has 4 heteroatoms. The maximum absolute atomic E-state index is 4.58. The van der Waals surface area contributed by atoms with E-state index >= 15 is 0 Å². The van der Waals surface area contributed by atoms with E-state index in [0.717, 1.165) is 33.1 Å². The molecule has 5 aromatic rings. The van der Waals surface area contributed by atoms with Crippen LogP contribution in [0.25, 0.3) is 43.8 Å². The molecule has 0 radical (unpaired) electrons. The Balaban J connectivity index is 2.06. The molecule has 0 atom stereocenters. The summed E-state index contributed by atoms with van der Waals surface area (Å²) in [6, 6.07) is 16.4. The van der Waals surface area contributed by atoms with Gasteiger partial charge < -0.3 is 0 Å². The van der Waals surface area contributed by atoms with Crippen molar-refractivity contribution in [2.75, 3.05) is 0 Å². The van der Waals surface area contributed by atoms with Crippen molar-refractivity contribution < 1.29 is 0 Å². The minimum atomic E-state index is 0.936. The number of hydrogen-bond donors (Lipinski definition) is 1. The maximum Gasteiger partial charge on any atom is 0.101 e. The predicted octanol–water partition coefficient (Wildman–Crippen LogP) is 4.33. The molecule has 3 heterocycles. The molecule has 0 saturated carbocycles. The summed E-state index contributed by atoms with van der Waals surface area (Å²) < 4.78 is 0. The van der Waals surface area contributed by atoms with Gasteiger partial charge in [-0.25, -0.2) is 0 Å². The van der Waals surface area contributed by atoms with Crippen LogP contribution in [0.5, 0.6) is 0 Å². The Labute approximate surface area is 131 Å². The molecule has 0 fully saturated rings. The van der Waals surface area contributed by atoms with Crippen LogP contribution in [0.4, 0.5) is 0 Å². The zero-order chi connectivity index (χ0) is 15.2. The van der Waals surface area contributed by atoms with Crippen LogP contribution in [0, 0.1) is 0 Å². The number of nitrogens with one attached hydrogen (secondary N) is 1. The van der Waals surface area contributed by atoms with Crippen molar-refractivity contribution in [3.63, 3.8) is 0 Å². The Morgan fingerprint density at radius 3 is 2.39 bits per heavy atom. The molecule has 0 unspecified atom stereocenters. The Bertz CT molecular complexity index is 1160. The number of aromatic amines is 1. The monoisotopic (exact) mass is 296 g/mol. The number of H-pyrrole nitrogens is 1. The summed E-state index contributed by atoms with van der Waals surface area (Å²) in [5.41, 5.74) is 3.91. The van der Waals surface area contributed by atoms with Crippen molar-refractivity contribution in [1.82, 2.24) is 20.2 Å². The molecular weight excluding hydrogens is 284 g/mol. The van der Waals surface area contributed by atoms with Gasteiger partial charge in [0.25, 0.3) is 0 Å². The number of nitrogens with zero attached hydrogens (tertiary/aromatic N) is 3. The summed E-state index contributed by atoms with van der Waals surface area (Å²) in [6.07, 6.45) is 5.40. The van der Waals surface area contributed by atoms with Gasteiger partial charge in [-0.05, 0) is 29.0 Å². The smallest absolute Gasteiger partial charge is 0.101 e. The Morgan fingerprint density at radius 1 is 0.739 bits per heavy atom. The van der Waals surface area contributed by atoms with Gasteiger partial charge in [-0.3, -0.25) is 15.1 Å². The van der Waals surface area contributed by atoms with Crippen molar-refractivity contribution in [2.45, 2.75) is 0 Å². The molecule has 3 aromatic heterocycles. The van der Waals surface area contributed by atoms with E-state index < -0.39 is 0 Å². The summed E-state index contributed by atoms with van der Waals surface area (Å²) in [7, 11) is 0. The van der Waals surface area contributed by atoms with Gasteiger partial charge in [0.15, 0.2) is 0 Å². The molecule has 23 heavy (non-hydrogen) atoms. The SMILES string of the molecule is c1ccc2c(c1)c1cccnc1c1[nH]nc(-c3ccncc3)c21. The van der Waals surface area contributed by atoms with Crippen LogP contribution in [0.1, 0.15) is 0 Å². The second-order valence-corrected chi connectivity index (χ2v) is 5.50. The number of benzene rings is 2. The average Bonchev–Trinajstić information content (AvgIpc) is 3.08. The minimum absolute atomic E-state index is 0.936. The van der Waals surface area contributed by atoms with Crippen LogP contribution in [-0.2, 0) is 0 Å². The first-order valence-electron chi connectivity index (χ1n) is 7.47. The highest BCUT2D eigenvalue weighted by molar-refractivity contribution is 6.25. The lowest BCUT2D eigenvalue weighted by molar-refractivity contribution is 1.12. The van der Waals surface area contributed by atoms with E-state index in [4.69, 9.17) is 0 Å². The molecule has 0 amide bonds. The third kappa shape index (κ3) is 1.69. The first-order valence-corrected chi connectivity index (χ1v) is 7.47. The molecule has 108 valence electrons. The first kappa shape index (κ1) is 12.3. The fourth-order valence-electron chi connectivity index (χ4n) is 3.25. The first-order chi connectivity index (χ1) is 11.4. The van der Waals surface area contributed by atoms with Crippen molar-refractivity contribution in [1.29, 1.82) is 0 Å². The number of pyridine rings is 2. The number of rotatable bonds is 1. The fraction of sp³-hybridized carbons (Fsp3) is 0. The van der Waals surface area contributed by atoms with Gasteiger partial charge in [-0.1, -0.05) is 30.3 Å². The third-order valence-corrected chi connectivity index (χ3v) is 4.25. The highest BCUT2D eigenvalue weighted by Gasteiger charge is 2.16. The fourth-order valence-corrected chi connectivity index (χ4v) is 3.25. The standard InChI is InChI=1S/C19H12N4/c1-2-5-14-13(4-1)15-6-3-9-21-18(15)19-16(14)17(22-23-19)12-7-10-20-11-8-12/h1-11H,(H,22,23). The molecular formula is C19H12N4. The zero-order valence-electron chi connectivity index (χ0n) is 12.2. The Morgan fingerprint density at radius 2 is 1.52 bits per heavy atom. The lowest BCUT2D eigenvalue weighted by Crippen LogP contribution is -1.85. The lowest BCUT2D eigenvalue weighted by atomic mass is 9.98. The molecule has 1 N–H and O–H groups in total. The molecule has 5 rings (SSSR count). The molecule has 0 bridgehead atoms. The van der Waals surface area contributed by atoms with Gasteiger partial charge >= 0.3 is 0 Å². The normalized spacial score (nSPS) is 11.5. The topological polar surface area (TPSA) is 54.5 Å². The quantitative estimate of drug-likeness (QED) is 0.468. The van der Waals surface area contributed by atoms with Crippen LogP contribution in [0.15, 0.2) is 67.1 Å². The average molecular weight is 296 g/mol. The van der Waals surface area contributed by atoms with Crippen molar-refractivity contribution in [3.8, 4) is 11.3 Å². The van der Waals surface area contributed by atoms with Gasteiger partial charge in [-0.15, -0.1) is 0 Å². The van der Waals surface area contributed by atoms with Gasteiger partial charge in [0.1, 0.15) is 5.69 Å². The summed E-state index contributed by atoms with van der Waals surface area (Å²) in [5.74, 6) is 0. The highest BCUT2D eigenvalue weighted by atomic mass is 15.1. The van der Waals surface area contributed by atoms with E-state index in [1.807, 2.05) is 24.4 Å². The van der Waals surface area contributed by atoms with Crippen LogP contribution in [0.2, 0.25) is 0 Å². The van der Waals surface area contributed by atoms with Gasteiger partial charge in [0.2, 0.25) is 0 Å². The summed E-state index contributed by atoms with van der Waals surface area (Å²) in [4.78, 5) is 8.68. The Hall–Kier alpha value is -3.27. The second kappa shape index (κ2) is 4.61. The maximum atomic E-state index is 4.58. The Kier molecular flexibility index (Phi) is 2.46. The number of aromatic nitrogens is 4. The van der Waals surface area contributed by atoms with Gasteiger partial charge in [0, 0.05) is 34.9 Å². The van der Waals surface area contributed by atoms with Gasteiger partial charge in [-0.2, -0.15) is 5.10 Å². The van der Waals surface area contributed by atoms with Crippen molar-refractivity contribution in [3.05, 3.63) is 67.1 Å². The molecule has 2 aromatic carbocycles. The molecule has 0 spiro atoms. The number of fused-ring (bicyclic) bond motifs is 6. The van der Waals surface area contributed by atoms with E-state index in [2.05, 4.69) is 50.5 Å². The highest BCUT2D eigenvalue weighted by Crippen LogP contribution is 2.37. The predicted molar refractivity (Wildman–Crippen MR) is 92.1 cm³/mol. The molecule has 0 aliphatic carbocycles. The van der Waals surface area contributed by atoms with E-state index in [0.29, 0.717) is 0 Å². The van der Waals surface area contributed by atoms with E-state index in [-0.39, 0.29) is 0 Å². The van der Waals surface area contributed by atoms with Crippen molar-refractivity contribution in [2.24, 2.45) is 0 Å². The van der Waals surface area contributed by atoms with Gasteiger partial charge in [0.05, 0.1) is 11.0 Å². The minimum Gasteiger partial charge on any atom is -0.275 e. The molecule has 0 aliphatic rings.